The number of ether oxygens (including phenoxy) is 2. The first-order valence-electron chi connectivity index (χ1n) is 10.6. The molecule has 1 N–H and O–H groups in total. The smallest absolute Gasteiger partial charge is 0.409 e. The van der Waals surface area contributed by atoms with Crippen molar-refractivity contribution < 1.29 is 19.1 Å². The molecule has 166 valence electrons. The second-order valence-corrected chi connectivity index (χ2v) is 8.43. The fourth-order valence-electron chi connectivity index (χ4n) is 4.01. The molecule has 2 fully saturated rings. The fourth-order valence-corrected chi connectivity index (χ4v) is 4.27. The fraction of sp³-hybridized carbons (Fsp3) is 0.455. The van der Waals surface area contributed by atoms with E-state index in [0.29, 0.717) is 51.7 Å². The summed E-state index contributed by atoms with van der Waals surface area (Å²) in [6.07, 6.45) is 1.59. The van der Waals surface area contributed by atoms with Crippen molar-refractivity contribution in [3.63, 3.8) is 0 Å². The van der Waals surface area contributed by atoms with Crippen molar-refractivity contribution in [3.8, 4) is 11.1 Å². The third-order valence-corrected chi connectivity index (χ3v) is 6.17. The van der Waals surface area contributed by atoms with Crippen molar-refractivity contribution in [2.45, 2.75) is 6.92 Å². The number of hydrogen-bond donors (Lipinski definition) is 1. The summed E-state index contributed by atoms with van der Waals surface area (Å²) in [5.41, 5.74) is 3.56. The van der Waals surface area contributed by atoms with Crippen LogP contribution in [0.15, 0.2) is 34.9 Å². The molecule has 0 spiro atoms. The topological polar surface area (TPSA) is 78.1 Å². The number of hydrogen-bond acceptors (Lipinski definition) is 5. The summed E-state index contributed by atoms with van der Waals surface area (Å²) in [5.74, 6) is -0.0478. The van der Waals surface area contributed by atoms with Gasteiger partial charge in [-0.3, -0.25) is 4.79 Å². The van der Waals surface area contributed by atoms with E-state index in [9.17, 15) is 9.59 Å². The van der Waals surface area contributed by atoms with Gasteiger partial charge in [0.25, 0.3) is 5.91 Å². The van der Waals surface area contributed by atoms with Crippen molar-refractivity contribution in [2.24, 2.45) is 0 Å². The van der Waals surface area contributed by atoms with E-state index in [1.807, 2.05) is 30.5 Å². The lowest BCUT2D eigenvalue weighted by Crippen LogP contribution is -2.51. The number of H-pyrrole nitrogens is 1. The zero-order valence-corrected chi connectivity index (χ0v) is 19.2. The summed E-state index contributed by atoms with van der Waals surface area (Å²) < 4.78 is 11.6. The zero-order valence-electron chi connectivity index (χ0n) is 17.6. The molecule has 2 aromatic rings. The monoisotopic (exact) mass is 490 g/mol. The molecule has 2 amide bonds. The molecule has 0 aliphatic carbocycles. The van der Waals surface area contributed by atoms with Gasteiger partial charge in [0.05, 0.1) is 25.5 Å². The molecule has 0 bridgehead atoms. The molecule has 0 unspecified atom stereocenters. The molecule has 2 aliphatic heterocycles. The number of aromatic nitrogens is 1. The van der Waals surface area contributed by atoms with Crippen molar-refractivity contribution >= 4 is 33.6 Å². The van der Waals surface area contributed by atoms with Crippen LogP contribution >= 0.6 is 15.9 Å². The highest BCUT2D eigenvalue weighted by Crippen LogP contribution is 2.36. The Hall–Kier alpha value is -2.52. The number of piperazine rings is 1. The molecule has 0 atom stereocenters. The first-order chi connectivity index (χ1) is 15.1. The van der Waals surface area contributed by atoms with Crippen LogP contribution in [0.5, 0.6) is 0 Å². The van der Waals surface area contributed by atoms with Gasteiger partial charge in [-0.2, -0.15) is 0 Å². The van der Waals surface area contributed by atoms with Crippen molar-refractivity contribution in [1.29, 1.82) is 0 Å². The highest BCUT2D eigenvalue weighted by atomic mass is 79.9. The second kappa shape index (κ2) is 9.74. The lowest BCUT2D eigenvalue weighted by Gasteiger charge is -2.35. The predicted octanol–water partition coefficient (Wildman–Crippen LogP) is 3.20. The Kier molecular flexibility index (Phi) is 6.82. The maximum atomic E-state index is 13.5. The number of halogens is 1. The van der Waals surface area contributed by atoms with Crippen LogP contribution in [0.3, 0.4) is 0 Å². The van der Waals surface area contributed by atoms with Gasteiger partial charge in [0.2, 0.25) is 0 Å². The number of nitrogens with zero attached hydrogens (tertiary/aromatic N) is 3. The highest BCUT2D eigenvalue weighted by molar-refractivity contribution is 9.10. The Labute approximate surface area is 190 Å². The molecule has 2 aliphatic rings. The molecule has 1 aromatic carbocycles. The summed E-state index contributed by atoms with van der Waals surface area (Å²) in [6.45, 7) is 6.78. The SMILES string of the molecule is CCOC(=O)N1CCN(C(=O)c2[nH]cc(-c3ccc(Br)cc3)c2N2CCOCC2)CC1. The molecule has 1 aromatic heterocycles. The second-order valence-electron chi connectivity index (χ2n) is 7.51. The van der Waals surface area contributed by atoms with Crippen LogP contribution in [0.1, 0.15) is 17.4 Å². The molecular formula is C22H27BrN4O4. The van der Waals surface area contributed by atoms with Gasteiger partial charge in [-0.05, 0) is 24.6 Å². The molecular weight excluding hydrogens is 464 g/mol. The zero-order chi connectivity index (χ0) is 21.8. The summed E-state index contributed by atoms with van der Waals surface area (Å²) in [5, 5.41) is 0. The van der Waals surface area contributed by atoms with E-state index in [0.717, 1.165) is 34.4 Å². The average molecular weight is 491 g/mol. The quantitative estimate of drug-likeness (QED) is 0.711. The molecule has 0 saturated carbocycles. The molecule has 2 saturated heterocycles. The van der Waals surface area contributed by atoms with Gasteiger partial charge in [0, 0.05) is 55.5 Å². The Balaban J connectivity index is 1.58. The summed E-state index contributed by atoms with van der Waals surface area (Å²) in [4.78, 5) is 34.3. The van der Waals surface area contributed by atoms with Gasteiger partial charge < -0.3 is 29.2 Å². The third kappa shape index (κ3) is 4.72. The number of carbonyl (C=O) groups is 2. The summed E-state index contributed by atoms with van der Waals surface area (Å²) in [7, 11) is 0. The van der Waals surface area contributed by atoms with Crippen LogP contribution in [0.25, 0.3) is 11.1 Å². The third-order valence-electron chi connectivity index (χ3n) is 5.64. The molecule has 8 nitrogen and oxygen atoms in total. The van der Waals surface area contributed by atoms with Crippen LogP contribution in [-0.2, 0) is 9.47 Å². The number of anilines is 1. The Morgan fingerprint density at radius 1 is 1.03 bits per heavy atom. The van der Waals surface area contributed by atoms with Gasteiger partial charge in [-0.1, -0.05) is 28.1 Å². The van der Waals surface area contributed by atoms with Crippen LogP contribution in [0, 0.1) is 0 Å². The molecule has 3 heterocycles. The molecule has 0 radical (unpaired) electrons. The Morgan fingerprint density at radius 2 is 1.68 bits per heavy atom. The van der Waals surface area contributed by atoms with Crippen molar-refractivity contribution in [1.82, 2.24) is 14.8 Å². The number of rotatable bonds is 4. The highest BCUT2D eigenvalue weighted by Gasteiger charge is 2.30. The van der Waals surface area contributed by atoms with Crippen LogP contribution in [0.4, 0.5) is 10.5 Å². The number of amides is 2. The number of aromatic amines is 1. The van der Waals surface area contributed by atoms with Gasteiger partial charge in [0.15, 0.2) is 0 Å². The van der Waals surface area contributed by atoms with E-state index in [4.69, 9.17) is 9.47 Å². The van der Waals surface area contributed by atoms with Gasteiger partial charge >= 0.3 is 6.09 Å². The van der Waals surface area contributed by atoms with Crippen LogP contribution in [0.2, 0.25) is 0 Å². The van der Waals surface area contributed by atoms with E-state index in [2.05, 4.69) is 25.8 Å². The largest absolute Gasteiger partial charge is 0.450 e. The normalized spacial score (nSPS) is 17.0. The number of nitrogens with one attached hydrogen (secondary N) is 1. The maximum absolute atomic E-state index is 13.5. The molecule has 9 heteroatoms. The molecule has 31 heavy (non-hydrogen) atoms. The minimum atomic E-state index is -0.319. The first kappa shape index (κ1) is 21.7. The van der Waals surface area contributed by atoms with Crippen molar-refractivity contribution in [2.75, 3.05) is 64.0 Å². The van der Waals surface area contributed by atoms with Gasteiger partial charge in [-0.25, -0.2) is 4.79 Å². The predicted molar refractivity (Wildman–Crippen MR) is 121 cm³/mol. The summed E-state index contributed by atoms with van der Waals surface area (Å²) >= 11 is 3.49. The first-order valence-corrected chi connectivity index (χ1v) is 11.4. The standard InChI is InChI=1S/C22H27BrN4O4/c1-2-31-22(29)27-9-7-26(8-10-27)21(28)19-20(25-11-13-30-14-12-25)18(15-24-19)16-3-5-17(23)6-4-16/h3-6,15,24H,2,7-14H2,1H3. The van der Waals surface area contributed by atoms with Gasteiger partial charge in [0.1, 0.15) is 5.69 Å². The van der Waals surface area contributed by atoms with E-state index in [1.54, 1.807) is 16.7 Å². The number of benzene rings is 1. The minimum absolute atomic E-state index is 0.0478. The van der Waals surface area contributed by atoms with E-state index in [-0.39, 0.29) is 12.0 Å². The number of carbonyl (C=O) groups excluding carboxylic acids is 2. The molecule has 4 rings (SSSR count). The Bertz CT molecular complexity index is 916. The van der Waals surface area contributed by atoms with E-state index >= 15 is 0 Å². The van der Waals surface area contributed by atoms with Crippen molar-refractivity contribution in [3.05, 3.63) is 40.6 Å². The lowest BCUT2D eigenvalue weighted by molar-refractivity contribution is 0.0566. The minimum Gasteiger partial charge on any atom is -0.450 e. The summed E-state index contributed by atoms with van der Waals surface area (Å²) in [6, 6.07) is 8.09. The number of morpholine rings is 1. The average Bonchev–Trinajstić information content (AvgIpc) is 3.25. The van der Waals surface area contributed by atoms with E-state index < -0.39 is 0 Å². The van der Waals surface area contributed by atoms with Gasteiger partial charge in [-0.15, -0.1) is 0 Å². The lowest BCUT2D eigenvalue weighted by atomic mass is 10.1. The van der Waals surface area contributed by atoms with E-state index in [1.165, 1.54) is 0 Å². The Morgan fingerprint density at radius 3 is 2.32 bits per heavy atom. The maximum Gasteiger partial charge on any atom is 0.409 e. The van der Waals surface area contributed by atoms with Crippen LogP contribution in [-0.4, -0.2) is 85.9 Å². The van der Waals surface area contributed by atoms with Crippen LogP contribution < -0.4 is 4.90 Å².